The first-order chi connectivity index (χ1) is 13.8. The van der Waals surface area contributed by atoms with Gasteiger partial charge in [0.1, 0.15) is 12.1 Å². The van der Waals surface area contributed by atoms with Gasteiger partial charge in [-0.1, -0.05) is 36.4 Å². The highest BCUT2D eigenvalue weighted by Gasteiger charge is 2.49. The van der Waals surface area contributed by atoms with E-state index in [1.807, 2.05) is 36.4 Å². The Kier molecular flexibility index (Phi) is 5.51. The van der Waals surface area contributed by atoms with Gasteiger partial charge in [-0.25, -0.2) is 9.59 Å². The number of amides is 4. The second-order valence-corrected chi connectivity index (χ2v) is 6.83. The molecular weight excluding hydrogens is 378 g/mol. The lowest BCUT2D eigenvalue weighted by molar-refractivity contribution is -0.146. The molecule has 1 heterocycles. The number of nitrogens with zero attached hydrogens (tertiary/aromatic N) is 1. The van der Waals surface area contributed by atoms with E-state index in [1.165, 1.54) is 0 Å². The van der Waals surface area contributed by atoms with E-state index in [1.54, 1.807) is 13.0 Å². The van der Waals surface area contributed by atoms with Crippen LogP contribution in [0.5, 0.6) is 0 Å². The molecule has 1 aliphatic heterocycles. The van der Waals surface area contributed by atoms with Gasteiger partial charge in [-0.15, -0.1) is 0 Å². The Hall–Kier alpha value is -3.46. The van der Waals surface area contributed by atoms with E-state index in [9.17, 15) is 24.3 Å². The van der Waals surface area contributed by atoms with Crippen LogP contribution in [0.4, 0.5) is 4.79 Å². The van der Waals surface area contributed by atoms with E-state index in [2.05, 4.69) is 15.4 Å². The van der Waals surface area contributed by atoms with Crippen molar-refractivity contribution in [2.45, 2.75) is 18.5 Å². The van der Waals surface area contributed by atoms with Crippen molar-refractivity contribution >= 4 is 34.6 Å². The number of nitrogens with one attached hydrogen (secondary N) is 2. The number of imide groups is 1. The molecule has 0 unspecified atom stereocenters. The van der Waals surface area contributed by atoms with Gasteiger partial charge < -0.3 is 20.5 Å². The van der Waals surface area contributed by atoms with Crippen molar-refractivity contribution in [2.75, 3.05) is 20.3 Å². The number of hydrogen-bond acceptors (Lipinski definition) is 6. The van der Waals surface area contributed by atoms with Gasteiger partial charge in [0.05, 0.1) is 13.7 Å². The Morgan fingerprint density at radius 3 is 2.55 bits per heavy atom. The highest BCUT2D eigenvalue weighted by molar-refractivity contribution is 6.09. The van der Waals surface area contributed by atoms with Crippen molar-refractivity contribution in [2.24, 2.45) is 0 Å². The first-order valence-electron chi connectivity index (χ1n) is 8.91. The highest BCUT2D eigenvalue weighted by Crippen LogP contribution is 2.30. The number of benzene rings is 2. The molecule has 9 heteroatoms. The van der Waals surface area contributed by atoms with Crippen LogP contribution in [0.3, 0.4) is 0 Å². The second kappa shape index (κ2) is 7.88. The summed E-state index contributed by atoms with van der Waals surface area (Å²) in [7, 11) is 1.11. The molecule has 0 saturated carbocycles. The Balaban J connectivity index is 1.79. The summed E-state index contributed by atoms with van der Waals surface area (Å²) in [6.45, 7) is 0.301. The zero-order valence-corrected chi connectivity index (χ0v) is 16.0. The number of fused-ring (bicyclic) bond motifs is 1. The van der Waals surface area contributed by atoms with Crippen LogP contribution in [0, 0.1) is 0 Å². The normalized spacial score (nSPS) is 19.8. The van der Waals surface area contributed by atoms with Crippen LogP contribution in [-0.2, 0) is 24.7 Å². The fourth-order valence-electron chi connectivity index (χ4n) is 3.24. The maximum absolute atomic E-state index is 13.0. The lowest BCUT2D eigenvalue weighted by Gasteiger charge is -2.23. The number of aliphatic hydroxyl groups is 1. The van der Waals surface area contributed by atoms with Gasteiger partial charge in [0.25, 0.3) is 5.91 Å². The van der Waals surface area contributed by atoms with Crippen LogP contribution in [0.25, 0.3) is 10.8 Å². The van der Waals surface area contributed by atoms with E-state index in [0.29, 0.717) is 5.56 Å². The summed E-state index contributed by atoms with van der Waals surface area (Å²) in [5, 5.41) is 16.0. The minimum atomic E-state index is -1.33. The Labute approximate surface area is 166 Å². The van der Waals surface area contributed by atoms with Crippen molar-refractivity contribution in [3.8, 4) is 0 Å². The molecule has 2 aromatic carbocycles. The molecule has 152 valence electrons. The van der Waals surface area contributed by atoms with E-state index in [-0.39, 0.29) is 0 Å². The van der Waals surface area contributed by atoms with Crippen molar-refractivity contribution in [3.05, 3.63) is 48.0 Å². The predicted octanol–water partition coefficient (Wildman–Crippen LogP) is 0.257. The number of carbonyl (C=O) groups is 4. The monoisotopic (exact) mass is 399 g/mol. The van der Waals surface area contributed by atoms with Crippen LogP contribution in [0.1, 0.15) is 12.5 Å². The summed E-state index contributed by atoms with van der Waals surface area (Å²) < 4.78 is 4.47. The molecule has 2 aromatic rings. The fraction of sp³-hybridized carbons (Fsp3) is 0.300. The number of urea groups is 1. The van der Waals surface area contributed by atoms with Gasteiger partial charge in [0.15, 0.2) is 6.04 Å². The molecule has 0 aliphatic carbocycles. The SMILES string of the molecule is COC(=O)[C@H](CO)NC(=O)CN1C(=O)N[C@](C)(c2ccc3ccccc3c2)C1=O. The average Bonchev–Trinajstić information content (AvgIpc) is 2.95. The molecule has 29 heavy (non-hydrogen) atoms. The van der Waals surface area contributed by atoms with Gasteiger partial charge in [0.2, 0.25) is 5.91 Å². The Morgan fingerprint density at radius 1 is 1.21 bits per heavy atom. The molecule has 0 aromatic heterocycles. The van der Waals surface area contributed by atoms with Crippen LogP contribution in [-0.4, -0.2) is 60.1 Å². The summed E-state index contributed by atoms with van der Waals surface area (Å²) in [6.07, 6.45) is 0. The van der Waals surface area contributed by atoms with E-state index in [4.69, 9.17) is 0 Å². The molecule has 1 fully saturated rings. The van der Waals surface area contributed by atoms with Crippen LogP contribution in [0.2, 0.25) is 0 Å². The van der Waals surface area contributed by atoms with Gasteiger partial charge in [-0.2, -0.15) is 0 Å². The first kappa shape index (κ1) is 20.3. The Morgan fingerprint density at radius 2 is 1.90 bits per heavy atom. The number of rotatable bonds is 6. The van der Waals surface area contributed by atoms with Crippen molar-refractivity contribution in [3.63, 3.8) is 0 Å². The maximum atomic E-state index is 13.0. The molecule has 1 aliphatic rings. The molecular formula is C20H21N3O6. The Bertz CT molecular complexity index is 991. The largest absolute Gasteiger partial charge is 0.467 e. The fourth-order valence-corrected chi connectivity index (χ4v) is 3.24. The molecule has 0 bridgehead atoms. The molecule has 9 nitrogen and oxygen atoms in total. The number of hydrogen-bond donors (Lipinski definition) is 3. The van der Waals surface area contributed by atoms with Gasteiger partial charge in [-0.05, 0) is 29.3 Å². The minimum absolute atomic E-state index is 0.584. The van der Waals surface area contributed by atoms with E-state index < -0.39 is 48.5 Å². The molecule has 3 rings (SSSR count). The van der Waals surface area contributed by atoms with Gasteiger partial charge in [0, 0.05) is 0 Å². The van der Waals surface area contributed by atoms with Crippen LogP contribution >= 0.6 is 0 Å². The van der Waals surface area contributed by atoms with E-state index in [0.717, 1.165) is 22.8 Å². The summed E-state index contributed by atoms with van der Waals surface area (Å²) in [4.78, 5) is 49.8. The standard InChI is InChI=1S/C20H21N3O6/c1-20(14-8-7-12-5-3-4-6-13(12)9-14)18(27)23(19(28)22-20)10-16(25)21-15(11-24)17(26)29-2/h3-9,15,24H,10-11H2,1-2H3,(H,21,25)(H,22,28)/t15-,20+/m0/s1. The summed E-state index contributed by atoms with van der Waals surface area (Å²) in [6, 6.07) is 11.0. The molecule has 0 radical (unpaired) electrons. The number of methoxy groups -OCH3 is 1. The van der Waals surface area contributed by atoms with Crippen LogP contribution < -0.4 is 10.6 Å². The zero-order valence-electron chi connectivity index (χ0n) is 16.0. The second-order valence-electron chi connectivity index (χ2n) is 6.83. The third-order valence-corrected chi connectivity index (χ3v) is 4.91. The number of aliphatic hydroxyl groups excluding tert-OH is 1. The minimum Gasteiger partial charge on any atom is -0.467 e. The number of ether oxygens (including phenoxy) is 1. The lowest BCUT2D eigenvalue weighted by Crippen LogP contribution is -2.49. The van der Waals surface area contributed by atoms with Gasteiger partial charge >= 0.3 is 12.0 Å². The topological polar surface area (TPSA) is 125 Å². The predicted molar refractivity (Wildman–Crippen MR) is 103 cm³/mol. The maximum Gasteiger partial charge on any atom is 0.330 e. The summed E-state index contributed by atoms with van der Waals surface area (Å²) >= 11 is 0. The smallest absolute Gasteiger partial charge is 0.330 e. The number of esters is 1. The molecule has 2 atom stereocenters. The first-order valence-corrected chi connectivity index (χ1v) is 8.91. The highest BCUT2D eigenvalue weighted by atomic mass is 16.5. The average molecular weight is 399 g/mol. The molecule has 1 saturated heterocycles. The number of carbonyl (C=O) groups excluding carboxylic acids is 4. The lowest BCUT2D eigenvalue weighted by atomic mass is 9.90. The van der Waals surface area contributed by atoms with Crippen molar-refractivity contribution < 1.29 is 29.0 Å². The quantitative estimate of drug-likeness (QED) is 0.473. The van der Waals surface area contributed by atoms with Gasteiger partial charge in [-0.3, -0.25) is 14.5 Å². The van der Waals surface area contributed by atoms with E-state index >= 15 is 0 Å². The third kappa shape index (κ3) is 3.77. The summed E-state index contributed by atoms with van der Waals surface area (Å²) in [5.41, 5.74) is -0.750. The third-order valence-electron chi connectivity index (χ3n) is 4.91. The van der Waals surface area contributed by atoms with Crippen molar-refractivity contribution in [1.29, 1.82) is 0 Å². The van der Waals surface area contributed by atoms with Crippen LogP contribution in [0.15, 0.2) is 42.5 Å². The molecule has 4 amide bonds. The zero-order chi connectivity index (χ0) is 21.2. The van der Waals surface area contributed by atoms with Crippen molar-refractivity contribution in [1.82, 2.24) is 15.5 Å². The molecule has 0 spiro atoms. The molecule has 3 N–H and O–H groups in total. The summed E-state index contributed by atoms with van der Waals surface area (Å²) in [5.74, 6) is -2.20.